The molecule has 0 spiro atoms. The largest absolute Gasteiger partial charge is 0.341 e. The second kappa shape index (κ2) is 7.00. The van der Waals surface area contributed by atoms with Gasteiger partial charge in [-0.05, 0) is 55.3 Å². The molecule has 1 aromatic heterocycles. The minimum atomic E-state index is 0.342. The quantitative estimate of drug-likeness (QED) is 0.857. The van der Waals surface area contributed by atoms with E-state index in [0.717, 1.165) is 26.2 Å². The van der Waals surface area contributed by atoms with E-state index in [1.54, 1.807) is 0 Å². The van der Waals surface area contributed by atoms with Crippen LogP contribution in [0, 0.1) is 18.8 Å². The van der Waals surface area contributed by atoms with Crippen molar-refractivity contribution < 1.29 is 4.79 Å². The fourth-order valence-corrected chi connectivity index (χ4v) is 4.05. The Labute approximate surface area is 139 Å². The van der Waals surface area contributed by atoms with Crippen LogP contribution < -0.4 is 0 Å². The van der Waals surface area contributed by atoms with E-state index in [0.29, 0.717) is 30.2 Å². The molecule has 0 aromatic carbocycles. The molecule has 126 valence electrons. The van der Waals surface area contributed by atoms with E-state index in [1.165, 1.54) is 24.0 Å². The van der Waals surface area contributed by atoms with E-state index in [9.17, 15) is 4.79 Å². The lowest BCUT2D eigenvalue weighted by Gasteiger charge is -2.37. The van der Waals surface area contributed by atoms with Gasteiger partial charge in [0, 0.05) is 44.5 Å². The van der Waals surface area contributed by atoms with Gasteiger partial charge < -0.3 is 4.90 Å². The van der Waals surface area contributed by atoms with Crippen LogP contribution >= 0.6 is 0 Å². The number of nitrogens with zero attached hydrogens (tertiary/aromatic N) is 3. The van der Waals surface area contributed by atoms with Gasteiger partial charge in [0.25, 0.3) is 0 Å². The first kappa shape index (κ1) is 16.4. The smallest absolute Gasteiger partial charge is 0.222 e. The van der Waals surface area contributed by atoms with Gasteiger partial charge >= 0.3 is 0 Å². The van der Waals surface area contributed by atoms with Gasteiger partial charge in [0.1, 0.15) is 0 Å². The van der Waals surface area contributed by atoms with Crippen LogP contribution in [0.2, 0.25) is 0 Å². The predicted octanol–water partition coefficient (Wildman–Crippen LogP) is 2.86. The summed E-state index contributed by atoms with van der Waals surface area (Å²) in [6.07, 6.45) is 7.03. The van der Waals surface area contributed by atoms with Crippen LogP contribution in [0.5, 0.6) is 0 Å². The number of carbonyl (C=O) groups excluding carboxylic acids is 1. The van der Waals surface area contributed by atoms with Crippen molar-refractivity contribution in [3.05, 3.63) is 29.6 Å². The molecule has 0 aliphatic carbocycles. The Balaban J connectivity index is 1.67. The normalized spacial score (nSPS) is 25.0. The molecule has 0 unspecified atom stereocenters. The summed E-state index contributed by atoms with van der Waals surface area (Å²) < 4.78 is 0. The number of amides is 1. The zero-order chi connectivity index (χ0) is 16.4. The molecule has 1 aromatic rings. The van der Waals surface area contributed by atoms with Crippen molar-refractivity contribution in [3.8, 4) is 0 Å². The molecule has 0 saturated carbocycles. The summed E-state index contributed by atoms with van der Waals surface area (Å²) in [5.74, 6) is 1.44. The molecule has 23 heavy (non-hydrogen) atoms. The van der Waals surface area contributed by atoms with Gasteiger partial charge in [0.05, 0.1) is 0 Å². The third-order valence-electron chi connectivity index (χ3n) is 5.34. The van der Waals surface area contributed by atoms with E-state index in [1.807, 2.05) is 12.4 Å². The maximum atomic E-state index is 12.4. The first-order valence-electron chi connectivity index (χ1n) is 8.96. The van der Waals surface area contributed by atoms with Crippen LogP contribution in [0.3, 0.4) is 0 Å². The number of pyridine rings is 1. The summed E-state index contributed by atoms with van der Waals surface area (Å²) in [6.45, 7) is 10.4. The van der Waals surface area contributed by atoms with Crippen LogP contribution in [0.1, 0.15) is 44.2 Å². The molecule has 1 amide bonds. The lowest BCUT2D eigenvalue weighted by atomic mass is 9.91. The maximum absolute atomic E-state index is 12.4. The van der Waals surface area contributed by atoms with E-state index in [2.05, 4.69) is 41.6 Å². The molecule has 2 atom stereocenters. The van der Waals surface area contributed by atoms with E-state index in [4.69, 9.17) is 0 Å². The Bertz CT molecular complexity index is 557. The van der Waals surface area contributed by atoms with Gasteiger partial charge in [0.2, 0.25) is 5.91 Å². The van der Waals surface area contributed by atoms with Crippen LogP contribution in [-0.4, -0.2) is 46.4 Å². The molecule has 0 radical (unpaired) electrons. The fraction of sp³-hybridized carbons (Fsp3) is 0.684. The molecule has 0 N–H and O–H groups in total. The Morgan fingerprint density at radius 3 is 2.96 bits per heavy atom. The Hall–Kier alpha value is -1.42. The number of likely N-dealkylation sites (tertiary alicyclic amines) is 2. The van der Waals surface area contributed by atoms with Crippen LogP contribution in [0.4, 0.5) is 0 Å². The zero-order valence-electron chi connectivity index (χ0n) is 14.7. The van der Waals surface area contributed by atoms with E-state index >= 15 is 0 Å². The molecule has 3 rings (SSSR count). The molecule has 2 saturated heterocycles. The molecule has 4 heteroatoms. The summed E-state index contributed by atoms with van der Waals surface area (Å²) in [7, 11) is 0. The molecule has 2 aliphatic rings. The number of rotatable bonds is 4. The third kappa shape index (κ3) is 3.74. The average Bonchev–Trinajstić information content (AvgIpc) is 2.94. The fourth-order valence-electron chi connectivity index (χ4n) is 4.05. The zero-order valence-corrected chi connectivity index (χ0v) is 14.7. The van der Waals surface area contributed by atoms with E-state index < -0.39 is 0 Å². The second-order valence-electron chi connectivity index (χ2n) is 7.64. The highest BCUT2D eigenvalue weighted by Crippen LogP contribution is 2.32. The van der Waals surface area contributed by atoms with Gasteiger partial charge in [-0.3, -0.25) is 14.7 Å². The van der Waals surface area contributed by atoms with Gasteiger partial charge in [0.15, 0.2) is 0 Å². The standard InChI is InChI=1S/C19H29N3O/c1-14(2)9-19(23)22-12-17-5-4-8-21(18(17)13-22)11-16-6-7-20-10-15(16)3/h6-7,10,14,17-18H,4-5,8-9,11-13H2,1-3H3/t17-,18+/m1/s1. The molecule has 3 heterocycles. The first-order chi connectivity index (χ1) is 11.0. The van der Waals surface area contributed by atoms with Gasteiger partial charge in [-0.15, -0.1) is 0 Å². The van der Waals surface area contributed by atoms with E-state index in [-0.39, 0.29) is 0 Å². The molecule has 0 bridgehead atoms. The highest BCUT2D eigenvalue weighted by Gasteiger charge is 2.40. The number of aryl methyl sites for hydroxylation is 1. The number of hydrogen-bond donors (Lipinski definition) is 0. The highest BCUT2D eigenvalue weighted by atomic mass is 16.2. The maximum Gasteiger partial charge on any atom is 0.222 e. The molecule has 2 aliphatic heterocycles. The van der Waals surface area contributed by atoms with Crippen molar-refractivity contribution in [3.63, 3.8) is 0 Å². The van der Waals surface area contributed by atoms with Crippen molar-refractivity contribution in [2.75, 3.05) is 19.6 Å². The van der Waals surface area contributed by atoms with Gasteiger partial charge in [-0.2, -0.15) is 0 Å². The number of hydrogen-bond acceptors (Lipinski definition) is 3. The molecular weight excluding hydrogens is 286 g/mol. The first-order valence-corrected chi connectivity index (χ1v) is 8.96. The van der Waals surface area contributed by atoms with Crippen LogP contribution in [-0.2, 0) is 11.3 Å². The van der Waals surface area contributed by atoms with Crippen LogP contribution in [0.25, 0.3) is 0 Å². The van der Waals surface area contributed by atoms with Crippen molar-refractivity contribution >= 4 is 5.91 Å². The predicted molar refractivity (Wildman–Crippen MR) is 91.9 cm³/mol. The minimum absolute atomic E-state index is 0.342. The Morgan fingerprint density at radius 1 is 1.39 bits per heavy atom. The number of fused-ring (bicyclic) bond motifs is 1. The monoisotopic (exact) mass is 315 g/mol. The lowest BCUT2D eigenvalue weighted by molar-refractivity contribution is -0.131. The van der Waals surface area contributed by atoms with Gasteiger partial charge in [-0.1, -0.05) is 13.8 Å². The van der Waals surface area contributed by atoms with Crippen molar-refractivity contribution in [1.82, 2.24) is 14.8 Å². The number of aromatic nitrogens is 1. The van der Waals surface area contributed by atoms with Crippen LogP contribution in [0.15, 0.2) is 18.5 Å². The summed E-state index contributed by atoms with van der Waals surface area (Å²) in [5.41, 5.74) is 2.63. The van der Waals surface area contributed by atoms with Crippen molar-refractivity contribution in [2.24, 2.45) is 11.8 Å². The van der Waals surface area contributed by atoms with Crippen molar-refractivity contribution in [2.45, 2.75) is 52.6 Å². The second-order valence-corrected chi connectivity index (χ2v) is 7.64. The lowest BCUT2D eigenvalue weighted by Crippen LogP contribution is -2.44. The SMILES string of the molecule is Cc1cnccc1CN1CCC[C@@H]2CN(C(=O)CC(C)C)C[C@@H]21. The summed E-state index contributed by atoms with van der Waals surface area (Å²) >= 11 is 0. The summed E-state index contributed by atoms with van der Waals surface area (Å²) in [6, 6.07) is 2.67. The minimum Gasteiger partial charge on any atom is -0.341 e. The highest BCUT2D eigenvalue weighted by molar-refractivity contribution is 5.76. The topological polar surface area (TPSA) is 36.4 Å². The summed E-state index contributed by atoms with van der Waals surface area (Å²) in [4.78, 5) is 21.3. The van der Waals surface area contributed by atoms with Crippen molar-refractivity contribution in [1.29, 1.82) is 0 Å². The Morgan fingerprint density at radius 2 is 2.22 bits per heavy atom. The average molecular weight is 315 g/mol. The number of carbonyl (C=O) groups is 1. The molecule has 4 nitrogen and oxygen atoms in total. The number of piperidine rings is 1. The summed E-state index contributed by atoms with van der Waals surface area (Å²) in [5, 5.41) is 0. The Kier molecular flexibility index (Phi) is 5.00. The molecular formula is C19H29N3O. The van der Waals surface area contributed by atoms with Gasteiger partial charge in [-0.25, -0.2) is 0 Å². The third-order valence-corrected chi connectivity index (χ3v) is 5.34. The molecule has 2 fully saturated rings.